The summed E-state index contributed by atoms with van der Waals surface area (Å²) in [5, 5.41) is 0. The molecule has 0 unspecified atom stereocenters. The summed E-state index contributed by atoms with van der Waals surface area (Å²) in [5.74, 6) is 1.39. The molecule has 0 bridgehead atoms. The zero-order valence-electron chi connectivity index (χ0n) is 16.7. The molecule has 0 atom stereocenters. The summed E-state index contributed by atoms with van der Waals surface area (Å²) >= 11 is 0. The smallest absolute Gasteiger partial charge is 0.270 e. The first-order chi connectivity index (χ1) is 13.6. The Morgan fingerprint density at radius 2 is 1.89 bits per heavy atom. The molecule has 1 amide bonds. The van der Waals surface area contributed by atoms with Gasteiger partial charge in [0.2, 0.25) is 0 Å². The van der Waals surface area contributed by atoms with Gasteiger partial charge in [-0.2, -0.15) is 0 Å². The van der Waals surface area contributed by atoms with Crippen molar-refractivity contribution in [2.75, 3.05) is 38.2 Å². The normalized spacial score (nSPS) is 14.9. The summed E-state index contributed by atoms with van der Waals surface area (Å²) in [5.41, 5.74) is 3.56. The van der Waals surface area contributed by atoms with Gasteiger partial charge in [-0.3, -0.25) is 4.79 Å². The van der Waals surface area contributed by atoms with Gasteiger partial charge >= 0.3 is 0 Å². The zero-order chi connectivity index (χ0) is 19.7. The minimum absolute atomic E-state index is 0.0757. The molecule has 28 heavy (non-hydrogen) atoms. The lowest BCUT2D eigenvalue weighted by Gasteiger charge is -2.36. The molecule has 0 aliphatic carbocycles. The highest BCUT2D eigenvalue weighted by atomic mass is 16.5. The van der Waals surface area contributed by atoms with Crippen LogP contribution in [0.15, 0.2) is 47.1 Å². The average molecular weight is 381 g/mol. The zero-order valence-corrected chi connectivity index (χ0v) is 16.7. The monoisotopic (exact) mass is 381 g/mol. The van der Waals surface area contributed by atoms with Crippen LogP contribution in [0.2, 0.25) is 0 Å². The van der Waals surface area contributed by atoms with Crippen molar-refractivity contribution in [3.63, 3.8) is 0 Å². The highest BCUT2D eigenvalue weighted by Gasteiger charge is 2.27. The molecule has 6 nitrogen and oxygen atoms in total. The number of benzene rings is 1. The second-order valence-electron chi connectivity index (χ2n) is 7.66. The molecule has 3 aromatic rings. The van der Waals surface area contributed by atoms with Gasteiger partial charge in [-0.25, -0.2) is 0 Å². The van der Waals surface area contributed by atoms with E-state index in [0.29, 0.717) is 24.7 Å². The van der Waals surface area contributed by atoms with E-state index >= 15 is 0 Å². The number of ether oxygens (including phenoxy) is 1. The Morgan fingerprint density at radius 1 is 1.14 bits per heavy atom. The number of amides is 1. The van der Waals surface area contributed by atoms with Crippen LogP contribution < -0.4 is 9.64 Å². The second kappa shape index (κ2) is 7.62. The molecule has 148 valence electrons. The molecule has 1 saturated heterocycles. The minimum atomic E-state index is 0.0757. The van der Waals surface area contributed by atoms with Crippen molar-refractivity contribution in [1.29, 1.82) is 0 Å². The van der Waals surface area contributed by atoms with Gasteiger partial charge in [0.05, 0.1) is 24.6 Å². The van der Waals surface area contributed by atoms with Crippen LogP contribution in [0.4, 0.5) is 5.69 Å². The molecule has 0 radical (unpaired) electrons. The SMILES string of the molecule is COc1ccccc1N1CCN(C(=O)c2cc3occc3n2CC(C)C)CC1. The van der Waals surface area contributed by atoms with Crippen LogP contribution in [0.1, 0.15) is 24.3 Å². The average Bonchev–Trinajstić information content (AvgIpc) is 3.30. The molecular weight excluding hydrogens is 354 g/mol. The molecule has 1 aliphatic rings. The predicted molar refractivity (Wildman–Crippen MR) is 110 cm³/mol. The molecule has 1 fully saturated rings. The molecule has 3 heterocycles. The van der Waals surface area contributed by atoms with Gasteiger partial charge in [-0.1, -0.05) is 26.0 Å². The van der Waals surface area contributed by atoms with Crippen molar-refractivity contribution in [3.05, 3.63) is 48.4 Å². The van der Waals surface area contributed by atoms with Crippen LogP contribution >= 0.6 is 0 Å². The number of para-hydroxylation sites is 2. The summed E-state index contributed by atoms with van der Waals surface area (Å²) in [6.45, 7) is 8.06. The third kappa shape index (κ3) is 3.35. The van der Waals surface area contributed by atoms with Crippen LogP contribution in [0.5, 0.6) is 5.75 Å². The van der Waals surface area contributed by atoms with Crippen molar-refractivity contribution in [1.82, 2.24) is 9.47 Å². The fourth-order valence-electron chi connectivity index (χ4n) is 3.92. The number of anilines is 1. The lowest BCUT2D eigenvalue weighted by Crippen LogP contribution is -2.49. The van der Waals surface area contributed by atoms with E-state index in [2.05, 4.69) is 29.4 Å². The molecule has 2 aromatic heterocycles. The van der Waals surface area contributed by atoms with E-state index in [9.17, 15) is 4.79 Å². The number of aromatic nitrogens is 1. The Hall–Kier alpha value is -2.89. The molecule has 1 aliphatic heterocycles. The molecule has 6 heteroatoms. The van der Waals surface area contributed by atoms with Gasteiger partial charge in [0.15, 0.2) is 5.58 Å². The first kappa shape index (κ1) is 18.5. The Kier molecular flexibility index (Phi) is 5.03. The number of nitrogens with zero attached hydrogens (tertiary/aromatic N) is 3. The Balaban J connectivity index is 1.52. The van der Waals surface area contributed by atoms with Crippen LogP contribution in [0.3, 0.4) is 0 Å². The maximum atomic E-state index is 13.3. The molecule has 1 aromatic carbocycles. The maximum Gasteiger partial charge on any atom is 0.270 e. The molecule has 0 spiro atoms. The van der Waals surface area contributed by atoms with E-state index in [-0.39, 0.29) is 5.91 Å². The van der Waals surface area contributed by atoms with E-state index in [1.807, 2.05) is 35.2 Å². The quantitative estimate of drug-likeness (QED) is 0.673. The van der Waals surface area contributed by atoms with Crippen molar-refractivity contribution in [2.24, 2.45) is 5.92 Å². The Bertz CT molecular complexity index is 964. The second-order valence-corrected chi connectivity index (χ2v) is 7.66. The van der Waals surface area contributed by atoms with Crippen molar-refractivity contribution >= 4 is 22.7 Å². The number of piperazine rings is 1. The van der Waals surface area contributed by atoms with Gasteiger partial charge < -0.3 is 23.5 Å². The number of methoxy groups -OCH3 is 1. The third-order valence-corrected chi connectivity index (χ3v) is 5.28. The van der Waals surface area contributed by atoms with Crippen LogP contribution in [0, 0.1) is 5.92 Å². The molecular formula is C22H27N3O3. The first-order valence-corrected chi connectivity index (χ1v) is 9.82. The number of rotatable bonds is 5. The van der Waals surface area contributed by atoms with E-state index in [1.54, 1.807) is 13.4 Å². The van der Waals surface area contributed by atoms with Gasteiger partial charge in [-0.15, -0.1) is 0 Å². The summed E-state index contributed by atoms with van der Waals surface area (Å²) in [7, 11) is 1.69. The van der Waals surface area contributed by atoms with E-state index in [1.165, 1.54) is 0 Å². The maximum absolute atomic E-state index is 13.3. The van der Waals surface area contributed by atoms with E-state index < -0.39 is 0 Å². The van der Waals surface area contributed by atoms with Gasteiger partial charge in [0.1, 0.15) is 11.4 Å². The highest BCUT2D eigenvalue weighted by Crippen LogP contribution is 2.29. The first-order valence-electron chi connectivity index (χ1n) is 9.82. The minimum Gasteiger partial charge on any atom is -0.495 e. The number of carbonyl (C=O) groups excluding carboxylic acids is 1. The van der Waals surface area contributed by atoms with Gasteiger partial charge in [0.25, 0.3) is 5.91 Å². The third-order valence-electron chi connectivity index (χ3n) is 5.28. The number of furan rings is 1. The molecule has 0 N–H and O–H groups in total. The summed E-state index contributed by atoms with van der Waals surface area (Å²) in [4.78, 5) is 17.5. The number of fused-ring (bicyclic) bond motifs is 1. The van der Waals surface area contributed by atoms with E-state index in [0.717, 1.165) is 42.2 Å². The lowest BCUT2D eigenvalue weighted by atomic mass is 10.2. The molecule has 0 saturated carbocycles. The highest BCUT2D eigenvalue weighted by molar-refractivity contribution is 5.97. The summed E-state index contributed by atoms with van der Waals surface area (Å²) < 4.78 is 13.1. The predicted octanol–water partition coefficient (Wildman–Crippen LogP) is 3.86. The van der Waals surface area contributed by atoms with Crippen LogP contribution in [0.25, 0.3) is 11.1 Å². The van der Waals surface area contributed by atoms with Gasteiger partial charge in [-0.05, 0) is 18.1 Å². The fraction of sp³-hybridized carbons (Fsp3) is 0.409. The molecule has 4 rings (SSSR count). The van der Waals surface area contributed by atoms with Crippen LogP contribution in [-0.4, -0.2) is 48.7 Å². The fourth-order valence-corrected chi connectivity index (χ4v) is 3.92. The standard InChI is InChI=1S/C22H27N3O3/c1-16(2)15-25-18-8-13-28-21(18)14-19(25)22(26)24-11-9-23(10-12-24)17-6-4-5-7-20(17)27-3/h4-8,13-14,16H,9-12,15H2,1-3H3. The number of hydrogen-bond acceptors (Lipinski definition) is 4. The van der Waals surface area contributed by atoms with Gasteiger partial charge in [0, 0.05) is 44.9 Å². The van der Waals surface area contributed by atoms with Crippen molar-refractivity contribution in [3.8, 4) is 5.75 Å². The Labute approximate surface area is 165 Å². The van der Waals surface area contributed by atoms with Crippen LogP contribution in [-0.2, 0) is 6.54 Å². The topological polar surface area (TPSA) is 50.9 Å². The van der Waals surface area contributed by atoms with Crippen molar-refractivity contribution in [2.45, 2.75) is 20.4 Å². The largest absolute Gasteiger partial charge is 0.495 e. The summed E-state index contributed by atoms with van der Waals surface area (Å²) in [6.07, 6.45) is 1.68. The van der Waals surface area contributed by atoms with E-state index in [4.69, 9.17) is 9.15 Å². The lowest BCUT2D eigenvalue weighted by molar-refractivity contribution is 0.0735. The summed E-state index contributed by atoms with van der Waals surface area (Å²) in [6, 6.07) is 11.9. The number of hydrogen-bond donors (Lipinski definition) is 0. The Morgan fingerprint density at radius 3 is 2.61 bits per heavy atom. The van der Waals surface area contributed by atoms with Crippen molar-refractivity contribution < 1.29 is 13.9 Å². The number of carbonyl (C=O) groups is 1.